The molecule has 38 heavy (non-hydrogen) atoms. The Balaban J connectivity index is 1.25. The van der Waals surface area contributed by atoms with Crippen LogP contribution in [-0.4, -0.2) is 72.5 Å². The second kappa shape index (κ2) is 11.4. The molecule has 6 nitrogen and oxygen atoms in total. The van der Waals surface area contributed by atoms with Crippen LogP contribution in [-0.2, 0) is 17.1 Å². The number of carbonyl (C=O) groups is 1. The Bertz CT molecular complexity index is 1080. The third-order valence-electron chi connectivity index (χ3n) is 7.06. The summed E-state index contributed by atoms with van der Waals surface area (Å²) in [7, 11) is 0. The van der Waals surface area contributed by atoms with E-state index in [0.29, 0.717) is 45.8 Å². The van der Waals surface area contributed by atoms with E-state index < -0.39 is 23.5 Å². The monoisotopic (exact) mass is 543 g/mol. The lowest BCUT2D eigenvalue weighted by Gasteiger charge is -2.39. The fourth-order valence-corrected chi connectivity index (χ4v) is 5.03. The van der Waals surface area contributed by atoms with Crippen LogP contribution in [0.5, 0.6) is 0 Å². The fourth-order valence-electron chi connectivity index (χ4n) is 5.03. The first-order valence-corrected chi connectivity index (χ1v) is 12.6. The number of benzene rings is 1. The summed E-state index contributed by atoms with van der Waals surface area (Å²) in [6.45, 7) is 6.10. The molecule has 2 fully saturated rings. The van der Waals surface area contributed by atoms with Crippen molar-refractivity contribution in [1.82, 2.24) is 14.8 Å². The van der Waals surface area contributed by atoms with Gasteiger partial charge in [0, 0.05) is 75.9 Å². The maximum absolute atomic E-state index is 13.2. The number of nitrogens with one attached hydrogen (secondary N) is 1. The minimum absolute atomic E-state index is 0.00355. The van der Waals surface area contributed by atoms with E-state index in [1.165, 1.54) is 18.3 Å². The summed E-state index contributed by atoms with van der Waals surface area (Å²) < 4.78 is 77.4. The molecule has 2 atom stereocenters. The van der Waals surface area contributed by atoms with E-state index in [9.17, 15) is 31.1 Å². The van der Waals surface area contributed by atoms with Gasteiger partial charge in [0.15, 0.2) is 0 Å². The Kier molecular flexibility index (Phi) is 8.39. The van der Waals surface area contributed by atoms with Crippen LogP contribution in [0.3, 0.4) is 0 Å². The second-order valence-corrected chi connectivity index (χ2v) is 9.96. The molecule has 1 aromatic carbocycles. The number of hydrogen-bond donors (Lipinski definition) is 1. The lowest BCUT2D eigenvalue weighted by Crippen LogP contribution is -2.51. The Morgan fingerprint density at radius 3 is 2.26 bits per heavy atom. The van der Waals surface area contributed by atoms with Gasteiger partial charge in [-0.1, -0.05) is 6.92 Å². The molecular weight excluding hydrogens is 512 g/mol. The lowest BCUT2D eigenvalue weighted by atomic mass is 10.0. The second-order valence-electron chi connectivity index (χ2n) is 9.96. The highest BCUT2D eigenvalue weighted by Crippen LogP contribution is 2.32. The summed E-state index contributed by atoms with van der Waals surface area (Å²) in [5.74, 6) is -0.259. The molecule has 0 saturated carbocycles. The molecule has 2 saturated heterocycles. The smallest absolute Gasteiger partial charge is 0.379 e. The van der Waals surface area contributed by atoms with Crippen LogP contribution in [0.25, 0.3) is 0 Å². The van der Waals surface area contributed by atoms with E-state index >= 15 is 0 Å². The zero-order valence-electron chi connectivity index (χ0n) is 21.0. The SMILES string of the molecule is CC(CN1CCN(c2ccc(C(F)(F)F)cc2)CC1)C(=O)N1CCC[C@H](Nc2cncc(C(F)(F)F)c2)C1. The third kappa shape index (κ3) is 7.09. The van der Waals surface area contributed by atoms with E-state index in [-0.39, 0.29) is 23.6 Å². The van der Waals surface area contributed by atoms with Gasteiger partial charge in [0.2, 0.25) is 5.91 Å². The van der Waals surface area contributed by atoms with Crippen LogP contribution in [0.15, 0.2) is 42.7 Å². The highest BCUT2D eigenvalue weighted by atomic mass is 19.4. The number of carbonyl (C=O) groups excluding carboxylic acids is 1. The van der Waals surface area contributed by atoms with Gasteiger partial charge in [-0.05, 0) is 43.2 Å². The topological polar surface area (TPSA) is 51.7 Å². The number of amides is 1. The summed E-state index contributed by atoms with van der Waals surface area (Å²) in [4.78, 5) is 22.8. The molecule has 2 aliphatic rings. The number of alkyl halides is 6. The number of rotatable bonds is 6. The van der Waals surface area contributed by atoms with Gasteiger partial charge in [-0.3, -0.25) is 14.7 Å². The maximum Gasteiger partial charge on any atom is 0.417 e. The summed E-state index contributed by atoms with van der Waals surface area (Å²) >= 11 is 0. The minimum atomic E-state index is -4.47. The first kappa shape index (κ1) is 28.0. The quantitative estimate of drug-likeness (QED) is 0.521. The summed E-state index contributed by atoms with van der Waals surface area (Å²) in [5, 5.41) is 3.10. The Labute approximate surface area is 217 Å². The summed E-state index contributed by atoms with van der Waals surface area (Å²) in [6.07, 6.45) is -5.22. The van der Waals surface area contributed by atoms with Crippen molar-refractivity contribution in [2.24, 2.45) is 5.92 Å². The number of nitrogens with zero attached hydrogens (tertiary/aromatic N) is 4. The molecule has 1 N–H and O–H groups in total. The number of hydrogen-bond acceptors (Lipinski definition) is 5. The largest absolute Gasteiger partial charge is 0.417 e. The first-order chi connectivity index (χ1) is 17.9. The van der Waals surface area contributed by atoms with Gasteiger partial charge in [0.25, 0.3) is 0 Å². The van der Waals surface area contributed by atoms with Crippen molar-refractivity contribution in [3.63, 3.8) is 0 Å². The predicted octanol–water partition coefficient (Wildman–Crippen LogP) is 4.98. The molecule has 4 rings (SSSR count). The van der Waals surface area contributed by atoms with Gasteiger partial charge in [0.1, 0.15) is 0 Å². The Morgan fingerprint density at radius 2 is 1.63 bits per heavy atom. The van der Waals surface area contributed by atoms with Crippen molar-refractivity contribution in [2.45, 2.75) is 38.2 Å². The average molecular weight is 544 g/mol. The van der Waals surface area contributed by atoms with Crippen LogP contribution in [0.1, 0.15) is 30.9 Å². The zero-order chi connectivity index (χ0) is 27.5. The number of piperidine rings is 1. The molecule has 0 spiro atoms. The van der Waals surface area contributed by atoms with E-state index in [4.69, 9.17) is 0 Å². The number of pyridine rings is 1. The zero-order valence-corrected chi connectivity index (χ0v) is 21.0. The number of anilines is 2. The molecular formula is C26H31F6N5O. The van der Waals surface area contributed by atoms with Gasteiger partial charge in [-0.25, -0.2) is 0 Å². The van der Waals surface area contributed by atoms with Crippen molar-refractivity contribution < 1.29 is 31.1 Å². The van der Waals surface area contributed by atoms with Crippen LogP contribution < -0.4 is 10.2 Å². The molecule has 3 heterocycles. The van der Waals surface area contributed by atoms with Crippen molar-refractivity contribution in [1.29, 1.82) is 0 Å². The van der Waals surface area contributed by atoms with Crippen molar-refractivity contribution in [2.75, 3.05) is 56.0 Å². The Morgan fingerprint density at radius 1 is 0.974 bits per heavy atom. The van der Waals surface area contributed by atoms with Gasteiger partial charge in [-0.2, -0.15) is 26.3 Å². The van der Waals surface area contributed by atoms with E-state index in [2.05, 4.69) is 15.2 Å². The molecule has 208 valence electrons. The lowest BCUT2D eigenvalue weighted by molar-refractivity contribution is -0.138. The standard InChI is InChI=1S/C26H31F6N5O/c1-18(16-35-9-11-36(12-10-35)23-6-4-19(5-7-23)25(27,28)29)24(38)37-8-2-3-21(17-37)34-22-13-20(14-33-15-22)26(30,31)32/h4-7,13-15,18,21,34H,2-3,8-12,16-17H2,1H3/t18?,21-/m0/s1. The number of halogens is 6. The third-order valence-corrected chi connectivity index (χ3v) is 7.06. The van der Waals surface area contributed by atoms with Gasteiger partial charge >= 0.3 is 12.4 Å². The highest BCUT2D eigenvalue weighted by Gasteiger charge is 2.33. The maximum atomic E-state index is 13.2. The summed E-state index contributed by atoms with van der Waals surface area (Å²) in [6, 6.07) is 6.01. The number of aromatic nitrogens is 1. The molecule has 12 heteroatoms. The van der Waals surface area contributed by atoms with Crippen molar-refractivity contribution in [3.8, 4) is 0 Å². The molecule has 0 bridgehead atoms. The van der Waals surface area contributed by atoms with Crippen LogP contribution >= 0.6 is 0 Å². The molecule has 1 unspecified atom stereocenters. The Hall–Kier alpha value is -3.02. The normalized spacial score (nSPS) is 20.3. The molecule has 0 aliphatic carbocycles. The van der Waals surface area contributed by atoms with Crippen LogP contribution in [0, 0.1) is 5.92 Å². The van der Waals surface area contributed by atoms with Gasteiger partial charge in [-0.15, -0.1) is 0 Å². The van der Waals surface area contributed by atoms with Gasteiger partial charge < -0.3 is 15.1 Å². The molecule has 1 amide bonds. The molecule has 2 aliphatic heterocycles. The number of piperazine rings is 1. The van der Waals surface area contributed by atoms with Crippen LogP contribution in [0.2, 0.25) is 0 Å². The number of likely N-dealkylation sites (tertiary alicyclic amines) is 1. The molecule has 2 aromatic rings. The van der Waals surface area contributed by atoms with Crippen molar-refractivity contribution in [3.05, 3.63) is 53.9 Å². The fraction of sp³-hybridized carbons (Fsp3) is 0.538. The average Bonchev–Trinajstić information content (AvgIpc) is 2.88. The van der Waals surface area contributed by atoms with E-state index in [1.807, 2.05) is 11.8 Å². The van der Waals surface area contributed by atoms with E-state index in [0.717, 1.165) is 42.9 Å². The van der Waals surface area contributed by atoms with Crippen LogP contribution in [0.4, 0.5) is 37.7 Å². The molecule has 1 aromatic heterocycles. The van der Waals surface area contributed by atoms with Crippen molar-refractivity contribution >= 4 is 17.3 Å². The highest BCUT2D eigenvalue weighted by molar-refractivity contribution is 5.79. The predicted molar refractivity (Wildman–Crippen MR) is 132 cm³/mol. The van der Waals surface area contributed by atoms with E-state index in [1.54, 1.807) is 4.90 Å². The van der Waals surface area contributed by atoms with Gasteiger partial charge in [0.05, 0.1) is 16.8 Å². The minimum Gasteiger partial charge on any atom is -0.379 e. The summed E-state index contributed by atoms with van der Waals surface area (Å²) in [5.41, 5.74) is -0.477. The molecule has 0 radical (unpaired) electrons. The first-order valence-electron chi connectivity index (χ1n) is 12.6.